The second-order valence-electron chi connectivity index (χ2n) is 4.46. The van der Waals surface area contributed by atoms with Crippen LogP contribution in [0.3, 0.4) is 0 Å². The van der Waals surface area contributed by atoms with Crippen molar-refractivity contribution in [3.63, 3.8) is 0 Å². The summed E-state index contributed by atoms with van der Waals surface area (Å²) in [5.74, 6) is 0.413. The number of halogens is 1. The van der Waals surface area contributed by atoms with E-state index in [2.05, 4.69) is 6.58 Å². The Hall–Kier alpha value is -1.35. The molecule has 0 aliphatic carbocycles. The van der Waals surface area contributed by atoms with Gasteiger partial charge < -0.3 is 10.5 Å². The summed E-state index contributed by atoms with van der Waals surface area (Å²) in [5, 5.41) is 0. The molecule has 0 heterocycles. The zero-order valence-electron chi connectivity index (χ0n) is 11.0. The van der Waals surface area contributed by atoms with Gasteiger partial charge in [0.2, 0.25) is 0 Å². The molecule has 1 aromatic carbocycles. The monoisotopic (exact) mass is 251 g/mol. The zero-order valence-corrected chi connectivity index (χ0v) is 11.0. The predicted molar refractivity (Wildman–Crippen MR) is 73.2 cm³/mol. The Kier molecular flexibility index (Phi) is 6.44. The van der Waals surface area contributed by atoms with Gasteiger partial charge in [0, 0.05) is 11.6 Å². The fraction of sp³-hybridized carbons (Fsp3) is 0.467. The van der Waals surface area contributed by atoms with Crippen LogP contribution in [-0.4, -0.2) is 6.61 Å². The Balaban J connectivity index is 2.44. The van der Waals surface area contributed by atoms with E-state index in [0.29, 0.717) is 12.4 Å². The van der Waals surface area contributed by atoms with Crippen LogP contribution >= 0.6 is 0 Å². The van der Waals surface area contributed by atoms with Gasteiger partial charge in [0.15, 0.2) is 0 Å². The molecule has 0 fully saturated rings. The smallest absolute Gasteiger partial charge is 0.124 e. The molecule has 0 unspecified atom stereocenters. The molecule has 0 saturated carbocycles. The molecule has 0 radical (unpaired) electrons. The van der Waals surface area contributed by atoms with Crippen molar-refractivity contribution in [2.45, 2.75) is 38.6 Å². The van der Waals surface area contributed by atoms with Crippen LogP contribution in [0.15, 0.2) is 30.9 Å². The second kappa shape index (κ2) is 7.88. The quantitative estimate of drug-likeness (QED) is 0.560. The van der Waals surface area contributed by atoms with Crippen LogP contribution in [0, 0.1) is 5.82 Å². The van der Waals surface area contributed by atoms with Crippen molar-refractivity contribution in [2.75, 3.05) is 6.61 Å². The lowest BCUT2D eigenvalue weighted by Crippen LogP contribution is -2.09. The van der Waals surface area contributed by atoms with E-state index in [1.807, 2.05) is 13.0 Å². The topological polar surface area (TPSA) is 35.2 Å². The molecule has 0 aromatic heterocycles. The van der Waals surface area contributed by atoms with Crippen LogP contribution in [-0.2, 0) is 0 Å². The van der Waals surface area contributed by atoms with E-state index in [4.69, 9.17) is 10.5 Å². The summed E-state index contributed by atoms with van der Waals surface area (Å²) in [7, 11) is 0. The minimum absolute atomic E-state index is 0.225. The fourth-order valence-electron chi connectivity index (χ4n) is 1.76. The van der Waals surface area contributed by atoms with E-state index < -0.39 is 0 Å². The van der Waals surface area contributed by atoms with Gasteiger partial charge in [-0.05, 0) is 50.8 Å². The first kappa shape index (κ1) is 14.7. The van der Waals surface area contributed by atoms with Crippen LogP contribution in [0.1, 0.15) is 44.2 Å². The van der Waals surface area contributed by atoms with Crippen molar-refractivity contribution in [2.24, 2.45) is 5.73 Å². The van der Waals surface area contributed by atoms with E-state index in [0.717, 1.165) is 31.2 Å². The van der Waals surface area contributed by atoms with Crippen LogP contribution in [0.2, 0.25) is 0 Å². The molecule has 3 heteroatoms. The highest BCUT2D eigenvalue weighted by atomic mass is 19.1. The second-order valence-corrected chi connectivity index (χ2v) is 4.46. The van der Waals surface area contributed by atoms with Crippen molar-refractivity contribution in [1.29, 1.82) is 0 Å². The summed E-state index contributed by atoms with van der Waals surface area (Å²) in [6.07, 6.45) is 6.21. The number of rotatable bonds is 8. The summed E-state index contributed by atoms with van der Waals surface area (Å²) in [6, 6.07) is 4.27. The number of benzene rings is 1. The van der Waals surface area contributed by atoms with Crippen LogP contribution < -0.4 is 10.5 Å². The normalized spacial score (nSPS) is 12.2. The van der Waals surface area contributed by atoms with Gasteiger partial charge in [0.25, 0.3) is 0 Å². The molecule has 1 rings (SSSR count). The Morgan fingerprint density at radius 1 is 1.39 bits per heavy atom. The number of allylic oxidation sites excluding steroid dienone is 1. The van der Waals surface area contributed by atoms with Crippen molar-refractivity contribution in [3.05, 3.63) is 42.2 Å². The minimum Gasteiger partial charge on any atom is -0.493 e. The minimum atomic E-state index is -0.277. The molecular weight excluding hydrogens is 229 g/mol. The molecule has 0 spiro atoms. The molecule has 1 atom stereocenters. The van der Waals surface area contributed by atoms with E-state index in [-0.39, 0.29) is 11.9 Å². The molecule has 18 heavy (non-hydrogen) atoms. The number of unbranched alkanes of at least 4 members (excludes halogenated alkanes) is 3. The SMILES string of the molecule is C=CCCCCCOc1ccc(F)cc1[C@@H](C)N. The first-order valence-electron chi connectivity index (χ1n) is 6.44. The van der Waals surface area contributed by atoms with Gasteiger partial charge in [-0.25, -0.2) is 4.39 Å². The summed E-state index contributed by atoms with van der Waals surface area (Å²) >= 11 is 0. The third-order valence-corrected chi connectivity index (χ3v) is 2.77. The van der Waals surface area contributed by atoms with Gasteiger partial charge in [-0.1, -0.05) is 6.08 Å². The number of ether oxygens (including phenoxy) is 1. The Morgan fingerprint density at radius 3 is 2.83 bits per heavy atom. The zero-order chi connectivity index (χ0) is 13.4. The van der Waals surface area contributed by atoms with E-state index in [1.54, 1.807) is 6.07 Å². The largest absolute Gasteiger partial charge is 0.493 e. The molecule has 0 amide bonds. The van der Waals surface area contributed by atoms with Crippen molar-refractivity contribution >= 4 is 0 Å². The Labute approximate surface area is 109 Å². The van der Waals surface area contributed by atoms with Gasteiger partial charge in [0.05, 0.1) is 6.61 Å². The fourth-order valence-corrected chi connectivity index (χ4v) is 1.76. The molecule has 0 aliphatic heterocycles. The van der Waals surface area contributed by atoms with Crippen molar-refractivity contribution in [3.8, 4) is 5.75 Å². The van der Waals surface area contributed by atoms with E-state index >= 15 is 0 Å². The molecule has 100 valence electrons. The average Bonchev–Trinajstić information content (AvgIpc) is 2.35. The highest BCUT2D eigenvalue weighted by molar-refractivity contribution is 5.36. The first-order chi connectivity index (χ1) is 8.65. The van der Waals surface area contributed by atoms with Crippen molar-refractivity contribution < 1.29 is 9.13 Å². The number of hydrogen-bond acceptors (Lipinski definition) is 2. The third-order valence-electron chi connectivity index (χ3n) is 2.77. The molecule has 0 saturated heterocycles. The summed E-state index contributed by atoms with van der Waals surface area (Å²) in [5.41, 5.74) is 6.52. The highest BCUT2D eigenvalue weighted by Gasteiger charge is 2.09. The molecule has 2 N–H and O–H groups in total. The standard InChI is InChI=1S/C15H22FNO/c1-3-4-5-6-7-10-18-15-9-8-13(16)11-14(15)12(2)17/h3,8-9,11-12H,1,4-7,10,17H2,2H3/t12-/m1/s1. The lowest BCUT2D eigenvalue weighted by molar-refractivity contribution is 0.300. The maximum atomic E-state index is 13.1. The molecule has 1 aromatic rings. The number of hydrogen-bond donors (Lipinski definition) is 1. The van der Waals surface area contributed by atoms with E-state index in [9.17, 15) is 4.39 Å². The van der Waals surface area contributed by atoms with Crippen LogP contribution in [0.25, 0.3) is 0 Å². The van der Waals surface area contributed by atoms with Crippen LogP contribution in [0.4, 0.5) is 4.39 Å². The lowest BCUT2D eigenvalue weighted by atomic mass is 10.1. The van der Waals surface area contributed by atoms with Gasteiger partial charge in [0.1, 0.15) is 11.6 Å². The van der Waals surface area contributed by atoms with Gasteiger partial charge >= 0.3 is 0 Å². The predicted octanol–water partition coefficient (Wildman–Crippen LogP) is 3.97. The van der Waals surface area contributed by atoms with Crippen molar-refractivity contribution in [1.82, 2.24) is 0 Å². The summed E-state index contributed by atoms with van der Waals surface area (Å²) < 4.78 is 18.8. The summed E-state index contributed by atoms with van der Waals surface area (Å²) in [4.78, 5) is 0. The first-order valence-corrected chi connectivity index (χ1v) is 6.44. The summed E-state index contributed by atoms with van der Waals surface area (Å²) in [6.45, 7) is 6.15. The average molecular weight is 251 g/mol. The number of nitrogens with two attached hydrogens (primary N) is 1. The molecular formula is C15H22FNO. The molecule has 0 bridgehead atoms. The molecule has 2 nitrogen and oxygen atoms in total. The maximum absolute atomic E-state index is 13.1. The maximum Gasteiger partial charge on any atom is 0.124 e. The highest BCUT2D eigenvalue weighted by Crippen LogP contribution is 2.24. The third kappa shape index (κ3) is 4.88. The van der Waals surface area contributed by atoms with Gasteiger partial charge in [-0.15, -0.1) is 6.58 Å². The van der Waals surface area contributed by atoms with Crippen LogP contribution in [0.5, 0.6) is 5.75 Å². The van der Waals surface area contributed by atoms with Gasteiger partial charge in [-0.3, -0.25) is 0 Å². The Bertz CT molecular complexity index is 377. The Morgan fingerprint density at radius 2 is 2.17 bits per heavy atom. The molecule has 0 aliphatic rings. The van der Waals surface area contributed by atoms with E-state index in [1.165, 1.54) is 12.1 Å². The van der Waals surface area contributed by atoms with Gasteiger partial charge in [-0.2, -0.15) is 0 Å². The lowest BCUT2D eigenvalue weighted by Gasteiger charge is -2.14.